The number of nitrogens with zero attached hydrogens (tertiary/aromatic N) is 1. The maximum absolute atomic E-state index is 11.8. The smallest absolute Gasteiger partial charge is 0.326 e. The minimum Gasteiger partial charge on any atom is -0.480 e. The molecule has 1 unspecified atom stereocenters. The van der Waals surface area contributed by atoms with Gasteiger partial charge in [-0.3, -0.25) is 4.79 Å². The van der Waals surface area contributed by atoms with E-state index in [1.165, 1.54) is 4.90 Å². The van der Waals surface area contributed by atoms with Gasteiger partial charge in [0.1, 0.15) is 6.04 Å². The summed E-state index contributed by atoms with van der Waals surface area (Å²) in [6.07, 6.45) is 0.533. The average Bonchev–Trinajstić information content (AvgIpc) is 2.65. The second kappa shape index (κ2) is 5.61. The van der Waals surface area contributed by atoms with Crippen molar-refractivity contribution in [2.75, 3.05) is 6.54 Å². The van der Waals surface area contributed by atoms with Crippen LogP contribution in [0.4, 0.5) is 0 Å². The summed E-state index contributed by atoms with van der Waals surface area (Å²) >= 11 is 5.92. The van der Waals surface area contributed by atoms with E-state index < -0.39 is 12.0 Å². The second-order valence-electron chi connectivity index (χ2n) is 4.89. The van der Waals surface area contributed by atoms with Crippen molar-refractivity contribution in [3.63, 3.8) is 0 Å². The third-order valence-electron chi connectivity index (χ3n) is 3.28. The third kappa shape index (κ3) is 3.26. The van der Waals surface area contributed by atoms with Gasteiger partial charge in [0, 0.05) is 19.4 Å². The summed E-state index contributed by atoms with van der Waals surface area (Å²) in [7, 11) is 0. The van der Waals surface area contributed by atoms with Crippen LogP contribution < -0.4 is 0 Å². The molecule has 1 saturated heterocycles. The lowest BCUT2D eigenvalue weighted by Crippen LogP contribution is -2.43. The number of carbonyl (C=O) groups excluding carboxylic acids is 1. The first-order chi connectivity index (χ1) is 8.97. The van der Waals surface area contributed by atoms with Gasteiger partial charge < -0.3 is 10.0 Å². The van der Waals surface area contributed by atoms with Gasteiger partial charge in [-0.2, -0.15) is 0 Å². The quantitative estimate of drug-likeness (QED) is 0.857. The first kappa shape index (κ1) is 13.9. The van der Waals surface area contributed by atoms with E-state index >= 15 is 0 Å². The molecule has 2 rings (SSSR count). The van der Waals surface area contributed by atoms with Gasteiger partial charge in [-0.15, -0.1) is 11.6 Å². The van der Waals surface area contributed by atoms with Gasteiger partial charge in [0.15, 0.2) is 0 Å². The predicted molar refractivity (Wildman–Crippen MR) is 72.3 cm³/mol. The number of rotatable bonds is 4. The maximum atomic E-state index is 11.8. The van der Waals surface area contributed by atoms with Gasteiger partial charge in [-0.1, -0.05) is 29.8 Å². The molecule has 0 aromatic heterocycles. The minimum absolute atomic E-state index is 0.181. The van der Waals surface area contributed by atoms with Crippen molar-refractivity contribution < 1.29 is 14.7 Å². The standard InChI is InChI=1S/C14H16ClNO3/c1-9-3-2-4-10(5-9)6-12(14(18)19)16-8-11(15)7-13(16)17/h2-5,11-12H,6-8H2,1H3,(H,18,19)/t11?,12-/m0/s1. The zero-order valence-electron chi connectivity index (χ0n) is 10.7. The van der Waals surface area contributed by atoms with Crippen LogP contribution in [-0.4, -0.2) is 39.8 Å². The highest BCUT2D eigenvalue weighted by Crippen LogP contribution is 2.21. The van der Waals surface area contributed by atoms with Crippen LogP contribution in [-0.2, 0) is 16.0 Å². The fourth-order valence-electron chi connectivity index (χ4n) is 2.38. The summed E-state index contributed by atoms with van der Waals surface area (Å²) in [4.78, 5) is 24.5. The van der Waals surface area contributed by atoms with E-state index in [9.17, 15) is 14.7 Å². The fraction of sp³-hybridized carbons (Fsp3) is 0.429. The molecule has 1 aromatic carbocycles. The highest BCUT2D eigenvalue weighted by Gasteiger charge is 2.36. The lowest BCUT2D eigenvalue weighted by Gasteiger charge is -2.24. The van der Waals surface area contributed by atoms with Crippen LogP contribution in [0.2, 0.25) is 0 Å². The molecule has 102 valence electrons. The lowest BCUT2D eigenvalue weighted by molar-refractivity contribution is -0.148. The maximum Gasteiger partial charge on any atom is 0.326 e. The number of carboxylic acids is 1. The Hall–Kier alpha value is -1.55. The molecule has 1 N–H and O–H groups in total. The van der Waals surface area contributed by atoms with Crippen LogP contribution in [0.5, 0.6) is 0 Å². The normalized spacial score (nSPS) is 20.6. The number of alkyl halides is 1. The summed E-state index contributed by atoms with van der Waals surface area (Å²) in [6, 6.07) is 6.82. The number of benzene rings is 1. The molecule has 19 heavy (non-hydrogen) atoms. The Balaban J connectivity index is 2.17. The first-order valence-corrected chi connectivity index (χ1v) is 6.63. The second-order valence-corrected chi connectivity index (χ2v) is 5.51. The molecule has 1 fully saturated rings. The summed E-state index contributed by atoms with van der Waals surface area (Å²) in [5.74, 6) is -1.17. The van der Waals surface area contributed by atoms with Crippen molar-refractivity contribution in [3.8, 4) is 0 Å². The summed E-state index contributed by atoms with van der Waals surface area (Å²) in [5.41, 5.74) is 1.99. The number of amides is 1. The van der Waals surface area contributed by atoms with Gasteiger partial charge in [0.05, 0.1) is 5.38 Å². The number of halogens is 1. The molecule has 1 aromatic rings. The average molecular weight is 282 g/mol. The molecular formula is C14H16ClNO3. The molecule has 1 aliphatic heterocycles. The topological polar surface area (TPSA) is 57.6 Å². The van der Waals surface area contributed by atoms with Gasteiger partial charge in [0.25, 0.3) is 0 Å². The van der Waals surface area contributed by atoms with Crippen LogP contribution in [0.1, 0.15) is 17.5 Å². The van der Waals surface area contributed by atoms with Crippen molar-refractivity contribution in [2.24, 2.45) is 0 Å². The van der Waals surface area contributed by atoms with E-state index in [0.29, 0.717) is 13.0 Å². The van der Waals surface area contributed by atoms with Gasteiger partial charge >= 0.3 is 5.97 Å². The highest BCUT2D eigenvalue weighted by atomic mass is 35.5. The van der Waals surface area contributed by atoms with E-state index in [1.54, 1.807) is 0 Å². The zero-order chi connectivity index (χ0) is 14.0. The number of hydrogen-bond donors (Lipinski definition) is 1. The molecule has 2 atom stereocenters. The Morgan fingerprint density at radius 2 is 2.32 bits per heavy atom. The van der Waals surface area contributed by atoms with E-state index in [4.69, 9.17) is 11.6 Å². The Kier molecular flexibility index (Phi) is 4.10. The van der Waals surface area contributed by atoms with Crippen LogP contribution in [0.3, 0.4) is 0 Å². The SMILES string of the molecule is Cc1cccc(C[C@@H](C(=O)O)N2CC(Cl)CC2=O)c1. The Labute approximate surface area is 117 Å². The van der Waals surface area contributed by atoms with Crippen molar-refractivity contribution in [1.82, 2.24) is 4.90 Å². The van der Waals surface area contributed by atoms with Gasteiger partial charge in [-0.05, 0) is 12.5 Å². The lowest BCUT2D eigenvalue weighted by atomic mass is 10.0. The molecule has 1 heterocycles. The molecule has 0 bridgehead atoms. The number of carbonyl (C=O) groups is 2. The number of carboxylic acid groups (broad SMARTS) is 1. The summed E-state index contributed by atoms with van der Waals surface area (Å²) < 4.78 is 0. The van der Waals surface area contributed by atoms with Crippen LogP contribution in [0.25, 0.3) is 0 Å². The predicted octanol–water partition coefficient (Wildman–Crippen LogP) is 1.83. The van der Waals surface area contributed by atoms with Crippen molar-refractivity contribution in [2.45, 2.75) is 31.2 Å². The van der Waals surface area contributed by atoms with Crippen LogP contribution in [0, 0.1) is 6.92 Å². The first-order valence-electron chi connectivity index (χ1n) is 6.19. The van der Waals surface area contributed by atoms with E-state index in [0.717, 1.165) is 11.1 Å². The molecule has 4 nitrogen and oxygen atoms in total. The van der Waals surface area contributed by atoms with E-state index in [-0.39, 0.29) is 17.7 Å². The Bertz CT molecular complexity index is 503. The number of hydrogen-bond acceptors (Lipinski definition) is 2. The van der Waals surface area contributed by atoms with E-state index in [1.807, 2.05) is 31.2 Å². The van der Waals surface area contributed by atoms with Crippen LogP contribution >= 0.6 is 11.6 Å². The van der Waals surface area contributed by atoms with Crippen LogP contribution in [0.15, 0.2) is 24.3 Å². The molecule has 0 aliphatic carbocycles. The molecule has 1 aliphatic rings. The van der Waals surface area contributed by atoms with E-state index in [2.05, 4.69) is 0 Å². The number of aliphatic carboxylic acids is 1. The minimum atomic E-state index is -0.986. The van der Waals surface area contributed by atoms with Crippen molar-refractivity contribution >= 4 is 23.5 Å². The zero-order valence-corrected chi connectivity index (χ0v) is 11.4. The number of likely N-dealkylation sites (tertiary alicyclic amines) is 1. The largest absolute Gasteiger partial charge is 0.480 e. The highest BCUT2D eigenvalue weighted by molar-refractivity contribution is 6.22. The third-order valence-corrected chi connectivity index (χ3v) is 3.58. The van der Waals surface area contributed by atoms with Gasteiger partial charge in [0.2, 0.25) is 5.91 Å². The monoisotopic (exact) mass is 281 g/mol. The molecule has 0 saturated carbocycles. The molecule has 1 amide bonds. The van der Waals surface area contributed by atoms with Crippen molar-refractivity contribution in [3.05, 3.63) is 35.4 Å². The summed E-state index contributed by atoms with van der Waals surface area (Å²) in [5, 5.41) is 9.05. The molecular weight excluding hydrogens is 266 g/mol. The fourth-order valence-corrected chi connectivity index (χ4v) is 2.66. The molecule has 5 heteroatoms. The molecule has 0 radical (unpaired) electrons. The summed E-state index contributed by atoms with van der Waals surface area (Å²) in [6.45, 7) is 2.26. The Morgan fingerprint density at radius 1 is 1.58 bits per heavy atom. The number of aryl methyl sites for hydroxylation is 1. The van der Waals surface area contributed by atoms with Gasteiger partial charge in [-0.25, -0.2) is 4.79 Å². The van der Waals surface area contributed by atoms with Crippen molar-refractivity contribution in [1.29, 1.82) is 0 Å². The molecule has 0 spiro atoms. The Morgan fingerprint density at radius 3 is 2.84 bits per heavy atom.